The van der Waals surface area contributed by atoms with Crippen LogP contribution < -0.4 is 10.1 Å². The normalized spacial score (nSPS) is 20.0. The molecule has 3 heteroatoms. The molecule has 88 valence electrons. The Balaban J connectivity index is 2.21. The van der Waals surface area contributed by atoms with Gasteiger partial charge in [-0.15, -0.1) is 0 Å². The molecule has 2 rings (SSSR count). The molecular weight excluding hydrogens is 205 g/mol. The lowest BCUT2D eigenvalue weighted by Crippen LogP contribution is -2.12. The number of halogens is 1. The summed E-state index contributed by atoms with van der Waals surface area (Å²) in [5.41, 5.74) is 1.81. The van der Waals surface area contributed by atoms with Gasteiger partial charge in [0, 0.05) is 5.56 Å². The summed E-state index contributed by atoms with van der Waals surface area (Å²) in [5.74, 6) is 1.43. The van der Waals surface area contributed by atoms with Crippen LogP contribution in [0.1, 0.15) is 17.5 Å². The van der Waals surface area contributed by atoms with Crippen molar-refractivity contribution in [1.29, 1.82) is 0 Å². The topological polar surface area (TPSA) is 21.3 Å². The third-order valence-electron chi connectivity index (χ3n) is 3.25. The fourth-order valence-corrected chi connectivity index (χ4v) is 2.34. The minimum Gasteiger partial charge on any atom is -0.496 e. The van der Waals surface area contributed by atoms with Crippen LogP contribution in [0.25, 0.3) is 0 Å². The van der Waals surface area contributed by atoms with Crippen molar-refractivity contribution >= 4 is 0 Å². The van der Waals surface area contributed by atoms with Gasteiger partial charge < -0.3 is 10.1 Å². The zero-order valence-electron chi connectivity index (χ0n) is 9.63. The number of nitrogens with one attached hydrogen (secondary N) is 1. The Labute approximate surface area is 95.8 Å². The molecule has 1 saturated heterocycles. The van der Waals surface area contributed by atoms with E-state index in [1.54, 1.807) is 7.11 Å². The Bertz CT molecular complexity index is 326. The molecule has 0 amide bonds. The van der Waals surface area contributed by atoms with Crippen LogP contribution in [0.3, 0.4) is 0 Å². The Hall–Kier alpha value is -1.09. The van der Waals surface area contributed by atoms with Crippen molar-refractivity contribution in [3.63, 3.8) is 0 Å². The lowest BCUT2D eigenvalue weighted by molar-refractivity contribution is 0.400. The predicted octanol–water partition coefficient (Wildman–Crippen LogP) is 2.32. The maximum absolute atomic E-state index is 12.9. The van der Waals surface area contributed by atoms with Crippen molar-refractivity contribution in [2.75, 3.05) is 20.2 Å². The zero-order chi connectivity index (χ0) is 11.4. The number of methoxy groups -OCH3 is 1. The first kappa shape index (κ1) is 11.4. The molecule has 1 aromatic carbocycles. The summed E-state index contributed by atoms with van der Waals surface area (Å²) in [6.07, 6.45) is 2.08. The molecule has 0 bridgehead atoms. The Morgan fingerprint density at radius 1 is 1.50 bits per heavy atom. The minimum absolute atomic E-state index is 0.410. The average molecular weight is 223 g/mol. The molecule has 1 heterocycles. The van der Waals surface area contributed by atoms with Crippen molar-refractivity contribution in [2.24, 2.45) is 5.92 Å². The van der Waals surface area contributed by atoms with Gasteiger partial charge in [-0.05, 0) is 43.5 Å². The SMILES string of the molecule is COc1cccc(CF)c1CC1CCNC1. The lowest BCUT2D eigenvalue weighted by Gasteiger charge is -2.15. The Morgan fingerprint density at radius 2 is 2.38 bits per heavy atom. The molecule has 1 fully saturated rings. The van der Waals surface area contributed by atoms with E-state index in [2.05, 4.69) is 5.32 Å². The first-order valence-electron chi connectivity index (χ1n) is 5.76. The van der Waals surface area contributed by atoms with E-state index in [0.717, 1.165) is 36.4 Å². The number of benzene rings is 1. The molecule has 0 aliphatic carbocycles. The smallest absolute Gasteiger partial charge is 0.122 e. The third kappa shape index (κ3) is 2.35. The number of alkyl halides is 1. The molecule has 1 aromatic rings. The van der Waals surface area contributed by atoms with Crippen molar-refractivity contribution in [3.05, 3.63) is 29.3 Å². The third-order valence-corrected chi connectivity index (χ3v) is 3.25. The molecule has 16 heavy (non-hydrogen) atoms. The second-order valence-electron chi connectivity index (χ2n) is 4.29. The van der Waals surface area contributed by atoms with Crippen LogP contribution in [-0.4, -0.2) is 20.2 Å². The maximum atomic E-state index is 12.9. The van der Waals surface area contributed by atoms with Gasteiger partial charge in [-0.25, -0.2) is 4.39 Å². The lowest BCUT2D eigenvalue weighted by atomic mass is 9.94. The van der Waals surface area contributed by atoms with Crippen molar-refractivity contribution < 1.29 is 9.13 Å². The van der Waals surface area contributed by atoms with Crippen LogP contribution >= 0.6 is 0 Å². The monoisotopic (exact) mass is 223 g/mol. The second-order valence-corrected chi connectivity index (χ2v) is 4.29. The summed E-state index contributed by atoms with van der Waals surface area (Å²) in [6, 6.07) is 5.61. The second kappa shape index (κ2) is 5.30. The van der Waals surface area contributed by atoms with Gasteiger partial charge in [-0.3, -0.25) is 0 Å². The molecule has 2 nitrogen and oxygen atoms in total. The minimum atomic E-state index is -0.410. The molecule has 1 aliphatic rings. The van der Waals surface area contributed by atoms with Crippen LogP contribution in [0.2, 0.25) is 0 Å². The fourth-order valence-electron chi connectivity index (χ4n) is 2.34. The van der Waals surface area contributed by atoms with Crippen LogP contribution in [-0.2, 0) is 13.1 Å². The van der Waals surface area contributed by atoms with Gasteiger partial charge >= 0.3 is 0 Å². The highest BCUT2D eigenvalue weighted by molar-refractivity contribution is 5.40. The zero-order valence-corrected chi connectivity index (χ0v) is 9.63. The van der Waals surface area contributed by atoms with E-state index in [9.17, 15) is 4.39 Å². The van der Waals surface area contributed by atoms with Gasteiger partial charge in [0.05, 0.1) is 7.11 Å². The van der Waals surface area contributed by atoms with E-state index >= 15 is 0 Å². The van der Waals surface area contributed by atoms with E-state index < -0.39 is 6.67 Å². The summed E-state index contributed by atoms with van der Waals surface area (Å²) < 4.78 is 18.2. The number of ether oxygens (including phenoxy) is 1. The molecule has 1 aliphatic heterocycles. The van der Waals surface area contributed by atoms with Crippen molar-refractivity contribution in [2.45, 2.75) is 19.5 Å². The van der Waals surface area contributed by atoms with E-state index in [1.165, 1.54) is 6.42 Å². The first-order valence-corrected chi connectivity index (χ1v) is 5.76. The van der Waals surface area contributed by atoms with Crippen LogP contribution in [0, 0.1) is 5.92 Å². The number of hydrogen-bond acceptors (Lipinski definition) is 2. The van der Waals surface area contributed by atoms with Gasteiger partial charge in [-0.2, -0.15) is 0 Å². The summed E-state index contributed by atoms with van der Waals surface area (Å²) in [5, 5.41) is 3.33. The molecule has 0 saturated carbocycles. The van der Waals surface area contributed by atoms with Gasteiger partial charge in [-0.1, -0.05) is 12.1 Å². The van der Waals surface area contributed by atoms with Crippen LogP contribution in [0.5, 0.6) is 5.75 Å². The van der Waals surface area contributed by atoms with Crippen LogP contribution in [0.15, 0.2) is 18.2 Å². The first-order chi connectivity index (χ1) is 7.85. The quantitative estimate of drug-likeness (QED) is 0.845. The standard InChI is InChI=1S/C13H18FNO/c1-16-13-4-2-3-11(8-14)12(13)7-10-5-6-15-9-10/h2-4,10,15H,5-9H2,1H3. The number of hydrogen-bond donors (Lipinski definition) is 1. The van der Waals surface area contributed by atoms with E-state index in [-0.39, 0.29) is 0 Å². The predicted molar refractivity (Wildman–Crippen MR) is 62.5 cm³/mol. The van der Waals surface area contributed by atoms with Gasteiger partial charge in [0.2, 0.25) is 0 Å². The summed E-state index contributed by atoms with van der Waals surface area (Å²) in [6.45, 7) is 1.70. The summed E-state index contributed by atoms with van der Waals surface area (Å²) in [4.78, 5) is 0. The molecular formula is C13H18FNO. The van der Waals surface area contributed by atoms with Crippen molar-refractivity contribution in [3.8, 4) is 5.75 Å². The van der Waals surface area contributed by atoms with E-state index in [0.29, 0.717) is 5.92 Å². The fraction of sp³-hybridized carbons (Fsp3) is 0.538. The highest BCUT2D eigenvalue weighted by atomic mass is 19.1. The summed E-state index contributed by atoms with van der Waals surface area (Å²) >= 11 is 0. The molecule has 1 atom stereocenters. The Morgan fingerprint density at radius 3 is 3.00 bits per heavy atom. The molecule has 0 spiro atoms. The molecule has 0 aromatic heterocycles. The largest absolute Gasteiger partial charge is 0.496 e. The molecule has 1 unspecified atom stereocenters. The molecule has 1 N–H and O–H groups in total. The van der Waals surface area contributed by atoms with Gasteiger partial charge in [0.15, 0.2) is 0 Å². The average Bonchev–Trinajstić information content (AvgIpc) is 2.82. The molecule has 0 radical (unpaired) electrons. The summed E-state index contributed by atoms with van der Waals surface area (Å²) in [7, 11) is 1.65. The van der Waals surface area contributed by atoms with E-state index in [1.807, 2.05) is 18.2 Å². The van der Waals surface area contributed by atoms with Crippen molar-refractivity contribution in [1.82, 2.24) is 5.32 Å². The highest BCUT2D eigenvalue weighted by Crippen LogP contribution is 2.27. The number of rotatable bonds is 4. The van der Waals surface area contributed by atoms with Crippen LogP contribution in [0.4, 0.5) is 4.39 Å². The van der Waals surface area contributed by atoms with Gasteiger partial charge in [0.25, 0.3) is 0 Å². The van der Waals surface area contributed by atoms with E-state index in [4.69, 9.17) is 4.74 Å². The highest BCUT2D eigenvalue weighted by Gasteiger charge is 2.18. The Kier molecular flexibility index (Phi) is 3.78. The maximum Gasteiger partial charge on any atom is 0.122 e. The van der Waals surface area contributed by atoms with Gasteiger partial charge in [0.1, 0.15) is 12.4 Å².